The molecular formula is C14H30ClNO2. The molecule has 0 rings (SSSR count). The number of quaternary nitrogens is 1. The Hall–Kier alpha value is -0.120. The molecule has 1 atom stereocenters. The summed E-state index contributed by atoms with van der Waals surface area (Å²) >= 11 is 0. The van der Waals surface area contributed by atoms with E-state index in [-0.39, 0.29) is 31.0 Å². The molecule has 0 saturated carbocycles. The van der Waals surface area contributed by atoms with E-state index in [9.17, 15) is 4.79 Å². The molecule has 0 aromatic carbocycles. The fraction of sp³-hybridized carbons (Fsp3) is 0.929. The third kappa shape index (κ3) is 15.9. The van der Waals surface area contributed by atoms with Crippen LogP contribution in [0.2, 0.25) is 0 Å². The van der Waals surface area contributed by atoms with Gasteiger partial charge in [0.2, 0.25) is 0 Å². The summed E-state index contributed by atoms with van der Waals surface area (Å²) in [7, 11) is 0. The van der Waals surface area contributed by atoms with Crippen molar-refractivity contribution in [2.24, 2.45) is 0 Å². The predicted octanol–water partition coefficient (Wildman–Crippen LogP) is -0.305. The molecule has 0 fully saturated rings. The number of halogens is 1. The van der Waals surface area contributed by atoms with Gasteiger partial charge in [-0.3, -0.25) is 4.79 Å². The van der Waals surface area contributed by atoms with Crippen molar-refractivity contribution in [1.29, 1.82) is 0 Å². The van der Waals surface area contributed by atoms with E-state index >= 15 is 0 Å². The lowest BCUT2D eigenvalue weighted by atomic mass is 10.1. The van der Waals surface area contributed by atoms with Crippen molar-refractivity contribution < 1.29 is 27.7 Å². The fourth-order valence-corrected chi connectivity index (χ4v) is 1.76. The number of rotatable bonds is 12. The molecule has 0 spiro atoms. The van der Waals surface area contributed by atoms with Crippen LogP contribution in [0.3, 0.4) is 0 Å². The highest BCUT2D eigenvalue weighted by atomic mass is 35.5. The van der Waals surface area contributed by atoms with Gasteiger partial charge in [-0.1, -0.05) is 51.9 Å². The summed E-state index contributed by atoms with van der Waals surface area (Å²) < 4.78 is 5.17. The molecule has 0 radical (unpaired) electrons. The van der Waals surface area contributed by atoms with E-state index in [1.807, 2.05) is 6.92 Å². The van der Waals surface area contributed by atoms with Gasteiger partial charge in [0, 0.05) is 13.3 Å². The van der Waals surface area contributed by atoms with Gasteiger partial charge < -0.3 is 22.9 Å². The van der Waals surface area contributed by atoms with Crippen molar-refractivity contribution in [3.63, 3.8) is 0 Å². The number of carbonyl (C=O) groups is 1. The van der Waals surface area contributed by atoms with E-state index in [1.54, 1.807) is 0 Å². The quantitative estimate of drug-likeness (QED) is 0.394. The number of hydrogen-bond donors (Lipinski definition) is 1. The molecule has 0 aliphatic rings. The topological polar surface area (TPSA) is 53.9 Å². The van der Waals surface area contributed by atoms with Crippen molar-refractivity contribution in [2.75, 3.05) is 6.61 Å². The van der Waals surface area contributed by atoms with Gasteiger partial charge in [-0.05, 0) is 6.42 Å². The van der Waals surface area contributed by atoms with Gasteiger partial charge in [-0.15, -0.1) is 0 Å². The molecule has 1 unspecified atom stereocenters. The first-order valence-corrected chi connectivity index (χ1v) is 7.13. The normalized spacial score (nSPS) is 11.9. The van der Waals surface area contributed by atoms with Gasteiger partial charge in [0.25, 0.3) is 0 Å². The molecule has 0 heterocycles. The van der Waals surface area contributed by atoms with Crippen molar-refractivity contribution in [3.05, 3.63) is 0 Å². The minimum Gasteiger partial charge on any atom is -1.00 e. The number of ether oxygens (including phenoxy) is 1. The largest absolute Gasteiger partial charge is 1.00 e. The highest BCUT2D eigenvalue weighted by Gasteiger charge is 2.04. The number of ketones is 1. The van der Waals surface area contributed by atoms with Crippen LogP contribution in [-0.4, -0.2) is 18.6 Å². The van der Waals surface area contributed by atoms with E-state index in [1.165, 1.54) is 44.9 Å². The van der Waals surface area contributed by atoms with Gasteiger partial charge in [-0.25, -0.2) is 0 Å². The molecule has 4 heteroatoms. The lowest BCUT2D eigenvalue weighted by Crippen LogP contribution is -3.00. The van der Waals surface area contributed by atoms with E-state index in [0.717, 1.165) is 6.42 Å². The minimum absolute atomic E-state index is 0. The van der Waals surface area contributed by atoms with Crippen LogP contribution in [0, 0.1) is 0 Å². The van der Waals surface area contributed by atoms with Crippen molar-refractivity contribution in [1.82, 2.24) is 0 Å². The monoisotopic (exact) mass is 279 g/mol. The van der Waals surface area contributed by atoms with E-state index in [2.05, 4.69) is 12.7 Å². The Morgan fingerprint density at radius 2 is 1.56 bits per heavy atom. The first kappa shape index (κ1) is 20.2. The fourth-order valence-electron chi connectivity index (χ4n) is 1.76. The zero-order valence-corrected chi connectivity index (χ0v) is 12.8. The third-order valence-electron chi connectivity index (χ3n) is 2.84. The van der Waals surface area contributed by atoms with Crippen LogP contribution >= 0.6 is 0 Å². The zero-order valence-electron chi connectivity index (χ0n) is 12.0. The highest BCUT2D eigenvalue weighted by molar-refractivity contribution is 5.79. The molecule has 0 aliphatic carbocycles. The summed E-state index contributed by atoms with van der Waals surface area (Å²) in [4.78, 5) is 11.4. The molecule has 0 bridgehead atoms. The number of hydrogen-bond acceptors (Lipinski definition) is 2. The van der Waals surface area contributed by atoms with Crippen LogP contribution in [0.15, 0.2) is 0 Å². The second-order valence-electron chi connectivity index (χ2n) is 4.89. The molecule has 3 nitrogen and oxygen atoms in total. The Kier molecular flexibility index (Phi) is 16.8. The molecule has 0 aliphatic heterocycles. The zero-order chi connectivity index (χ0) is 12.9. The molecule has 18 heavy (non-hydrogen) atoms. The lowest BCUT2D eigenvalue weighted by molar-refractivity contribution is -0.483. The maximum absolute atomic E-state index is 11.4. The molecule has 110 valence electrons. The molecule has 0 aromatic heterocycles. The summed E-state index contributed by atoms with van der Waals surface area (Å²) in [5.41, 5.74) is 3.68. The van der Waals surface area contributed by atoms with Crippen LogP contribution in [0.1, 0.15) is 71.6 Å². The maximum Gasteiger partial charge on any atom is 0.186 e. The standard InChI is InChI=1S/C14H29NO2.ClH/c1-3-4-5-6-7-8-9-10-11-14(16)12-17-13(2)15;/h13H,3-12,15H2,1-2H3;1H. The Balaban J connectivity index is 0. The first-order valence-electron chi connectivity index (χ1n) is 7.13. The van der Waals surface area contributed by atoms with Gasteiger partial charge >= 0.3 is 0 Å². The average molecular weight is 280 g/mol. The van der Waals surface area contributed by atoms with E-state index < -0.39 is 0 Å². The molecule has 3 N–H and O–H groups in total. The summed E-state index contributed by atoms with van der Waals surface area (Å²) in [6, 6.07) is 0. The molecule has 0 saturated heterocycles. The molecular weight excluding hydrogens is 250 g/mol. The number of carbonyl (C=O) groups excluding carboxylic acids is 1. The van der Waals surface area contributed by atoms with E-state index in [0.29, 0.717) is 6.42 Å². The SMILES string of the molecule is CCCCCCCCCCC(=O)COC(C)[NH3+].[Cl-]. The second-order valence-corrected chi connectivity index (χ2v) is 4.89. The Morgan fingerprint density at radius 1 is 1.06 bits per heavy atom. The number of Topliss-reactive ketones (excluding diaryl/α,β-unsaturated/α-hetero) is 1. The summed E-state index contributed by atoms with van der Waals surface area (Å²) in [6.07, 6.45) is 10.7. The summed E-state index contributed by atoms with van der Waals surface area (Å²) in [6.45, 7) is 4.32. The van der Waals surface area contributed by atoms with Gasteiger partial charge in [0.15, 0.2) is 12.0 Å². The average Bonchev–Trinajstić information content (AvgIpc) is 2.30. The Bertz CT molecular complexity index is 187. The van der Waals surface area contributed by atoms with Crippen LogP contribution in [0.5, 0.6) is 0 Å². The summed E-state index contributed by atoms with van der Waals surface area (Å²) in [5, 5.41) is 0. The molecule has 0 amide bonds. The Labute approximate surface area is 118 Å². The van der Waals surface area contributed by atoms with Crippen molar-refractivity contribution >= 4 is 5.78 Å². The predicted molar refractivity (Wildman–Crippen MR) is 70.5 cm³/mol. The number of unbranched alkanes of at least 4 members (excludes halogenated alkanes) is 7. The second kappa shape index (κ2) is 14.9. The highest BCUT2D eigenvalue weighted by Crippen LogP contribution is 2.09. The van der Waals surface area contributed by atoms with Gasteiger partial charge in [0.05, 0.1) is 0 Å². The van der Waals surface area contributed by atoms with Crippen LogP contribution in [0.25, 0.3) is 0 Å². The smallest absolute Gasteiger partial charge is 0.186 e. The Morgan fingerprint density at radius 3 is 2.06 bits per heavy atom. The maximum atomic E-state index is 11.4. The van der Waals surface area contributed by atoms with Gasteiger partial charge in [0.1, 0.15) is 6.61 Å². The lowest BCUT2D eigenvalue weighted by Gasteiger charge is -2.04. The van der Waals surface area contributed by atoms with Gasteiger partial charge in [-0.2, -0.15) is 0 Å². The third-order valence-corrected chi connectivity index (χ3v) is 2.84. The van der Waals surface area contributed by atoms with Crippen LogP contribution in [0.4, 0.5) is 0 Å². The van der Waals surface area contributed by atoms with Crippen molar-refractivity contribution in [3.8, 4) is 0 Å². The van der Waals surface area contributed by atoms with Crippen molar-refractivity contribution in [2.45, 2.75) is 77.9 Å². The minimum atomic E-state index is -0.0856. The van der Waals surface area contributed by atoms with Crippen LogP contribution < -0.4 is 18.1 Å². The van der Waals surface area contributed by atoms with E-state index in [4.69, 9.17) is 4.74 Å². The first-order chi connectivity index (χ1) is 8.16. The summed E-state index contributed by atoms with van der Waals surface area (Å²) in [5.74, 6) is 0.214. The molecule has 0 aromatic rings. The van der Waals surface area contributed by atoms with Crippen LogP contribution in [-0.2, 0) is 9.53 Å².